The van der Waals surface area contributed by atoms with Crippen molar-refractivity contribution in [3.05, 3.63) is 0 Å². The fourth-order valence-electron chi connectivity index (χ4n) is 4.87. The van der Waals surface area contributed by atoms with Crippen LogP contribution in [0.5, 0.6) is 0 Å². The molecule has 0 radical (unpaired) electrons. The van der Waals surface area contributed by atoms with Crippen molar-refractivity contribution in [2.24, 2.45) is 0 Å². The van der Waals surface area contributed by atoms with Gasteiger partial charge < -0.3 is 9.47 Å². The highest BCUT2D eigenvalue weighted by atomic mass is 16.6. The van der Waals surface area contributed by atoms with Gasteiger partial charge in [0.2, 0.25) is 0 Å². The molecule has 0 bridgehead atoms. The molecule has 1 atom stereocenters. The fourth-order valence-corrected chi connectivity index (χ4v) is 4.87. The molecule has 0 aliphatic heterocycles. The molecule has 0 rings (SSSR count). The van der Waals surface area contributed by atoms with Crippen LogP contribution in [0.15, 0.2) is 0 Å². The number of ether oxygens (including phenoxy) is 2. The molecule has 0 aliphatic carbocycles. The third-order valence-corrected chi connectivity index (χ3v) is 7.31. The van der Waals surface area contributed by atoms with Crippen molar-refractivity contribution in [2.75, 3.05) is 6.61 Å². The second-order valence-corrected chi connectivity index (χ2v) is 11.2. The van der Waals surface area contributed by atoms with Gasteiger partial charge in [0.05, 0.1) is 0 Å². The third kappa shape index (κ3) is 27.8. The molecule has 0 saturated heterocycles. The summed E-state index contributed by atoms with van der Waals surface area (Å²) in [6.07, 6.45) is 30.2. The largest absolute Gasteiger partial charge is 0.462 e. The van der Waals surface area contributed by atoms with Gasteiger partial charge in [-0.15, -0.1) is 0 Å². The van der Waals surface area contributed by atoms with Gasteiger partial charge in [-0.05, 0) is 19.3 Å². The van der Waals surface area contributed by atoms with E-state index in [0.717, 1.165) is 38.5 Å². The Morgan fingerprint density at radius 1 is 0.459 bits per heavy atom. The number of rotatable bonds is 29. The number of unbranched alkanes of at least 4 members (excludes halogenated alkanes) is 20. The molecule has 0 heterocycles. The first kappa shape index (κ1) is 35.9. The molecule has 0 aromatic rings. The molecule has 0 spiro atoms. The van der Waals surface area contributed by atoms with Crippen molar-refractivity contribution in [2.45, 2.75) is 194 Å². The monoisotopic (exact) mass is 524 g/mol. The van der Waals surface area contributed by atoms with Gasteiger partial charge in [0.1, 0.15) is 12.7 Å². The lowest BCUT2D eigenvalue weighted by Crippen LogP contribution is -2.25. The SMILES string of the molecule is CCCCCCCCCCCCCC(=O)OCC(CCC)OC(=O)CCCCCCCCCCCCC. The molecular formula is C33H64O4. The van der Waals surface area contributed by atoms with Crippen LogP contribution in [-0.4, -0.2) is 24.6 Å². The Kier molecular flexibility index (Phi) is 28.7. The molecule has 4 nitrogen and oxygen atoms in total. The van der Waals surface area contributed by atoms with E-state index in [4.69, 9.17) is 9.47 Å². The van der Waals surface area contributed by atoms with Crippen LogP contribution in [0.4, 0.5) is 0 Å². The minimum absolute atomic E-state index is 0.143. The van der Waals surface area contributed by atoms with Crippen LogP contribution < -0.4 is 0 Å². The van der Waals surface area contributed by atoms with E-state index in [9.17, 15) is 9.59 Å². The highest BCUT2D eigenvalue weighted by Crippen LogP contribution is 2.14. The average Bonchev–Trinajstić information content (AvgIpc) is 2.89. The lowest BCUT2D eigenvalue weighted by Gasteiger charge is -2.17. The van der Waals surface area contributed by atoms with Crippen LogP contribution in [0, 0.1) is 0 Å². The number of hydrogen-bond acceptors (Lipinski definition) is 4. The molecule has 220 valence electrons. The Labute approximate surface area is 231 Å². The van der Waals surface area contributed by atoms with E-state index >= 15 is 0 Å². The van der Waals surface area contributed by atoms with Crippen molar-refractivity contribution >= 4 is 11.9 Å². The summed E-state index contributed by atoms with van der Waals surface area (Å²) < 4.78 is 11.1. The summed E-state index contributed by atoms with van der Waals surface area (Å²) in [6.45, 7) is 6.79. The summed E-state index contributed by atoms with van der Waals surface area (Å²) in [5, 5.41) is 0. The maximum Gasteiger partial charge on any atom is 0.306 e. The molecule has 0 saturated carbocycles. The summed E-state index contributed by atoms with van der Waals surface area (Å²) in [6, 6.07) is 0. The van der Waals surface area contributed by atoms with E-state index in [1.54, 1.807) is 0 Å². The normalized spacial score (nSPS) is 12.0. The molecule has 0 aliphatic rings. The molecule has 37 heavy (non-hydrogen) atoms. The Morgan fingerprint density at radius 3 is 1.19 bits per heavy atom. The Balaban J connectivity index is 3.68. The van der Waals surface area contributed by atoms with E-state index in [1.165, 1.54) is 116 Å². The maximum absolute atomic E-state index is 12.3. The molecule has 0 amide bonds. The molecule has 0 aromatic heterocycles. The number of esters is 2. The quantitative estimate of drug-likeness (QED) is 0.0721. The summed E-state index contributed by atoms with van der Waals surface area (Å²) >= 11 is 0. The van der Waals surface area contributed by atoms with Gasteiger partial charge in [-0.1, -0.05) is 156 Å². The van der Waals surface area contributed by atoms with Crippen LogP contribution >= 0.6 is 0 Å². The summed E-state index contributed by atoms with van der Waals surface area (Å²) in [4.78, 5) is 24.4. The first-order valence-corrected chi connectivity index (χ1v) is 16.5. The zero-order chi connectivity index (χ0) is 27.2. The number of carbonyl (C=O) groups is 2. The zero-order valence-electron chi connectivity index (χ0n) is 25.3. The smallest absolute Gasteiger partial charge is 0.306 e. The second kappa shape index (κ2) is 29.5. The number of carbonyl (C=O) groups excluding carboxylic acids is 2. The lowest BCUT2D eigenvalue weighted by molar-refractivity contribution is -0.159. The van der Waals surface area contributed by atoms with E-state index < -0.39 is 0 Å². The highest BCUT2D eigenvalue weighted by Gasteiger charge is 2.16. The summed E-state index contributed by atoms with van der Waals surface area (Å²) in [5.74, 6) is -0.297. The van der Waals surface area contributed by atoms with Crippen molar-refractivity contribution in [3.63, 3.8) is 0 Å². The predicted octanol–water partition coefficient (Wildman–Crippen LogP) is 10.6. The minimum atomic E-state index is -0.300. The molecule has 0 aromatic carbocycles. The summed E-state index contributed by atoms with van der Waals surface area (Å²) in [7, 11) is 0. The van der Waals surface area contributed by atoms with Crippen molar-refractivity contribution in [3.8, 4) is 0 Å². The Hall–Kier alpha value is -1.06. The first-order valence-electron chi connectivity index (χ1n) is 16.5. The zero-order valence-corrected chi connectivity index (χ0v) is 25.3. The van der Waals surface area contributed by atoms with Crippen molar-refractivity contribution in [1.29, 1.82) is 0 Å². The van der Waals surface area contributed by atoms with Crippen LogP contribution in [0.2, 0.25) is 0 Å². The standard InChI is InChI=1S/C33H64O4/c1-4-7-9-11-13-15-17-19-21-23-25-28-32(34)36-30-31(27-6-3)37-33(35)29-26-24-22-20-18-16-14-12-10-8-5-2/h31H,4-30H2,1-3H3. The average molecular weight is 525 g/mol. The van der Waals surface area contributed by atoms with Crippen molar-refractivity contribution < 1.29 is 19.1 Å². The van der Waals surface area contributed by atoms with Crippen LogP contribution in [0.25, 0.3) is 0 Å². The maximum atomic E-state index is 12.3. The van der Waals surface area contributed by atoms with E-state index in [0.29, 0.717) is 12.8 Å². The van der Waals surface area contributed by atoms with E-state index in [-0.39, 0.29) is 24.6 Å². The van der Waals surface area contributed by atoms with E-state index in [2.05, 4.69) is 20.8 Å². The molecule has 4 heteroatoms. The molecule has 1 unspecified atom stereocenters. The number of hydrogen-bond donors (Lipinski definition) is 0. The summed E-state index contributed by atoms with van der Waals surface area (Å²) in [5.41, 5.74) is 0. The van der Waals surface area contributed by atoms with Gasteiger partial charge in [-0.25, -0.2) is 0 Å². The van der Waals surface area contributed by atoms with Gasteiger partial charge in [-0.3, -0.25) is 9.59 Å². The van der Waals surface area contributed by atoms with Gasteiger partial charge in [0.25, 0.3) is 0 Å². The van der Waals surface area contributed by atoms with Gasteiger partial charge >= 0.3 is 11.9 Å². The predicted molar refractivity (Wildman–Crippen MR) is 158 cm³/mol. The fraction of sp³-hybridized carbons (Fsp3) is 0.939. The molecule has 0 fully saturated rings. The first-order chi connectivity index (χ1) is 18.1. The molecule has 0 N–H and O–H groups in total. The van der Waals surface area contributed by atoms with Crippen LogP contribution in [0.3, 0.4) is 0 Å². The Morgan fingerprint density at radius 2 is 0.811 bits per heavy atom. The second-order valence-electron chi connectivity index (χ2n) is 11.2. The highest BCUT2D eigenvalue weighted by molar-refractivity contribution is 5.70. The minimum Gasteiger partial charge on any atom is -0.462 e. The van der Waals surface area contributed by atoms with Crippen molar-refractivity contribution in [1.82, 2.24) is 0 Å². The molecular weight excluding hydrogens is 460 g/mol. The Bertz CT molecular complexity index is 491. The van der Waals surface area contributed by atoms with Crippen LogP contribution in [0.1, 0.15) is 188 Å². The third-order valence-electron chi connectivity index (χ3n) is 7.31. The van der Waals surface area contributed by atoms with Gasteiger partial charge in [0, 0.05) is 12.8 Å². The van der Waals surface area contributed by atoms with Gasteiger partial charge in [0.15, 0.2) is 0 Å². The van der Waals surface area contributed by atoms with E-state index in [1.807, 2.05) is 0 Å². The topological polar surface area (TPSA) is 52.6 Å². The van der Waals surface area contributed by atoms with Gasteiger partial charge in [-0.2, -0.15) is 0 Å². The van der Waals surface area contributed by atoms with Crippen LogP contribution in [-0.2, 0) is 19.1 Å². The lowest BCUT2D eigenvalue weighted by atomic mass is 10.1.